The maximum absolute atomic E-state index is 13.3. The predicted octanol–water partition coefficient (Wildman–Crippen LogP) is 1.28. The van der Waals surface area contributed by atoms with Crippen LogP contribution in [0.2, 0.25) is 0 Å². The molecular formula is C12H14FNO4. The second kappa shape index (κ2) is 4.81. The molecular weight excluding hydrogens is 241 g/mol. The number of aromatic hydroxyl groups is 1. The van der Waals surface area contributed by atoms with Crippen LogP contribution < -0.4 is 10.1 Å². The Kier molecular flexibility index (Phi) is 3.38. The molecule has 3 N–H and O–H groups in total. The van der Waals surface area contributed by atoms with E-state index in [1.807, 2.05) is 0 Å². The van der Waals surface area contributed by atoms with Crippen molar-refractivity contribution in [1.29, 1.82) is 0 Å². The molecule has 1 aliphatic heterocycles. The highest BCUT2D eigenvalue weighted by Gasteiger charge is 2.32. The van der Waals surface area contributed by atoms with E-state index in [0.717, 1.165) is 6.07 Å². The molecule has 2 atom stereocenters. The summed E-state index contributed by atoms with van der Waals surface area (Å²) >= 11 is 0. The number of methoxy groups -OCH3 is 1. The number of hydrogen-bond acceptors (Lipinski definition) is 4. The lowest BCUT2D eigenvalue weighted by atomic mass is 9.99. The van der Waals surface area contributed by atoms with E-state index < -0.39 is 17.7 Å². The van der Waals surface area contributed by atoms with E-state index in [1.165, 1.54) is 13.2 Å². The molecule has 18 heavy (non-hydrogen) atoms. The number of halogens is 1. The third kappa shape index (κ3) is 2.24. The number of phenols is 1. The normalized spacial score (nSPS) is 23.0. The van der Waals surface area contributed by atoms with Crippen molar-refractivity contribution in [3.63, 3.8) is 0 Å². The first-order valence-corrected chi connectivity index (χ1v) is 5.55. The zero-order valence-corrected chi connectivity index (χ0v) is 9.81. The number of carbonyl (C=O) groups is 1. The largest absolute Gasteiger partial charge is 0.507 e. The van der Waals surface area contributed by atoms with Gasteiger partial charge in [-0.2, -0.15) is 0 Å². The van der Waals surface area contributed by atoms with Crippen LogP contribution in [0.5, 0.6) is 11.5 Å². The molecule has 5 nitrogen and oxygen atoms in total. The fraction of sp³-hybridized carbons (Fsp3) is 0.417. The molecule has 0 bridgehead atoms. The van der Waals surface area contributed by atoms with Crippen LogP contribution >= 0.6 is 0 Å². The number of aliphatic carboxylic acids is 1. The van der Waals surface area contributed by atoms with Crippen molar-refractivity contribution in [3.05, 3.63) is 23.5 Å². The van der Waals surface area contributed by atoms with Crippen molar-refractivity contribution in [3.8, 4) is 11.5 Å². The van der Waals surface area contributed by atoms with Gasteiger partial charge in [-0.1, -0.05) is 0 Å². The molecule has 0 radical (unpaired) electrons. The van der Waals surface area contributed by atoms with Gasteiger partial charge in [0, 0.05) is 24.2 Å². The highest BCUT2D eigenvalue weighted by Crippen LogP contribution is 2.36. The van der Waals surface area contributed by atoms with E-state index in [1.54, 1.807) is 0 Å². The summed E-state index contributed by atoms with van der Waals surface area (Å²) in [6.45, 7) is 0.332. The van der Waals surface area contributed by atoms with Crippen LogP contribution in [0.3, 0.4) is 0 Å². The average Bonchev–Trinajstić information content (AvgIpc) is 2.78. The Hall–Kier alpha value is -1.82. The number of ether oxygens (including phenoxy) is 1. The van der Waals surface area contributed by atoms with E-state index in [2.05, 4.69) is 5.32 Å². The lowest BCUT2D eigenvalue weighted by molar-refractivity contribution is -0.141. The summed E-state index contributed by atoms with van der Waals surface area (Å²) in [6, 6.07) is 2.07. The van der Waals surface area contributed by atoms with Gasteiger partial charge in [-0.15, -0.1) is 0 Å². The molecule has 1 aromatic carbocycles. The average molecular weight is 255 g/mol. The summed E-state index contributed by atoms with van der Waals surface area (Å²) in [7, 11) is 1.33. The SMILES string of the molecule is COc1cc(C2CC(C(=O)O)CN2)c(O)cc1F. The first-order chi connectivity index (χ1) is 8.52. The Morgan fingerprint density at radius 3 is 2.83 bits per heavy atom. The van der Waals surface area contributed by atoms with Gasteiger partial charge in [0.2, 0.25) is 0 Å². The molecule has 0 aliphatic carbocycles. The Morgan fingerprint density at radius 2 is 2.28 bits per heavy atom. The quantitative estimate of drug-likeness (QED) is 0.758. The lowest BCUT2D eigenvalue weighted by Gasteiger charge is -2.14. The first kappa shape index (κ1) is 12.6. The number of carboxylic acids is 1. The van der Waals surface area contributed by atoms with Crippen molar-refractivity contribution < 1.29 is 24.1 Å². The van der Waals surface area contributed by atoms with E-state index in [4.69, 9.17) is 9.84 Å². The molecule has 2 unspecified atom stereocenters. The van der Waals surface area contributed by atoms with Crippen LogP contribution in [-0.2, 0) is 4.79 Å². The maximum atomic E-state index is 13.3. The molecule has 0 aromatic heterocycles. The summed E-state index contributed by atoms with van der Waals surface area (Å²) in [4.78, 5) is 10.9. The van der Waals surface area contributed by atoms with Crippen LogP contribution in [0.25, 0.3) is 0 Å². The molecule has 1 saturated heterocycles. The van der Waals surface area contributed by atoms with Gasteiger partial charge >= 0.3 is 5.97 Å². The van der Waals surface area contributed by atoms with Crippen molar-refractivity contribution in [2.45, 2.75) is 12.5 Å². The Morgan fingerprint density at radius 1 is 1.56 bits per heavy atom. The summed E-state index contributed by atoms with van der Waals surface area (Å²) in [5, 5.41) is 21.6. The van der Waals surface area contributed by atoms with E-state index in [0.29, 0.717) is 18.5 Å². The van der Waals surface area contributed by atoms with E-state index >= 15 is 0 Å². The zero-order chi connectivity index (χ0) is 13.3. The Balaban J connectivity index is 2.26. The van der Waals surface area contributed by atoms with Gasteiger partial charge in [0.05, 0.1) is 13.0 Å². The molecule has 98 valence electrons. The van der Waals surface area contributed by atoms with Crippen molar-refractivity contribution in [2.24, 2.45) is 5.92 Å². The molecule has 0 amide bonds. The number of benzene rings is 1. The third-order valence-corrected chi connectivity index (χ3v) is 3.16. The number of hydrogen-bond donors (Lipinski definition) is 3. The van der Waals surface area contributed by atoms with Crippen LogP contribution in [-0.4, -0.2) is 29.8 Å². The first-order valence-electron chi connectivity index (χ1n) is 5.55. The van der Waals surface area contributed by atoms with Gasteiger partial charge < -0.3 is 20.3 Å². The molecule has 2 rings (SSSR count). The monoisotopic (exact) mass is 255 g/mol. The van der Waals surface area contributed by atoms with Crippen molar-refractivity contribution in [1.82, 2.24) is 5.32 Å². The molecule has 6 heteroatoms. The highest BCUT2D eigenvalue weighted by molar-refractivity contribution is 5.71. The summed E-state index contributed by atoms with van der Waals surface area (Å²) < 4.78 is 18.2. The zero-order valence-electron chi connectivity index (χ0n) is 9.81. The minimum Gasteiger partial charge on any atom is -0.507 e. The highest BCUT2D eigenvalue weighted by atomic mass is 19.1. The van der Waals surface area contributed by atoms with Gasteiger partial charge in [0.1, 0.15) is 5.75 Å². The number of rotatable bonds is 3. The van der Waals surface area contributed by atoms with Crippen LogP contribution in [0.4, 0.5) is 4.39 Å². The standard InChI is InChI=1S/C12H14FNO4/c1-18-11-3-7(10(15)4-8(11)13)9-2-6(5-14-9)12(16)17/h3-4,6,9,14-15H,2,5H2,1H3,(H,16,17). The second-order valence-electron chi connectivity index (χ2n) is 4.28. The van der Waals surface area contributed by atoms with Crippen LogP contribution in [0.1, 0.15) is 18.0 Å². The molecule has 0 saturated carbocycles. The van der Waals surface area contributed by atoms with Crippen molar-refractivity contribution in [2.75, 3.05) is 13.7 Å². The number of nitrogens with one attached hydrogen (secondary N) is 1. The molecule has 1 heterocycles. The molecule has 1 fully saturated rings. The van der Waals surface area contributed by atoms with E-state index in [-0.39, 0.29) is 17.5 Å². The topological polar surface area (TPSA) is 78.8 Å². The maximum Gasteiger partial charge on any atom is 0.307 e. The van der Waals surface area contributed by atoms with E-state index in [9.17, 15) is 14.3 Å². The minimum absolute atomic E-state index is 0.0309. The summed E-state index contributed by atoms with van der Waals surface area (Å²) in [5.74, 6) is -2.18. The minimum atomic E-state index is -0.876. The lowest BCUT2D eigenvalue weighted by Crippen LogP contribution is -2.17. The Labute approximate surface area is 103 Å². The molecule has 1 aromatic rings. The summed E-state index contributed by atoms with van der Waals surface area (Å²) in [6.07, 6.45) is 0.359. The number of carboxylic acid groups (broad SMARTS) is 1. The summed E-state index contributed by atoms with van der Waals surface area (Å²) in [5.41, 5.74) is 0.456. The molecule has 1 aliphatic rings. The fourth-order valence-electron chi connectivity index (χ4n) is 2.15. The second-order valence-corrected chi connectivity index (χ2v) is 4.28. The van der Waals surface area contributed by atoms with Crippen molar-refractivity contribution >= 4 is 5.97 Å². The number of phenolic OH excluding ortho intramolecular Hbond substituents is 1. The van der Waals surface area contributed by atoms with Gasteiger partial charge in [0.25, 0.3) is 0 Å². The fourth-order valence-corrected chi connectivity index (χ4v) is 2.15. The van der Waals surface area contributed by atoms with Crippen LogP contribution in [0, 0.1) is 11.7 Å². The van der Waals surface area contributed by atoms with Gasteiger partial charge in [0.15, 0.2) is 11.6 Å². The van der Waals surface area contributed by atoms with Gasteiger partial charge in [-0.25, -0.2) is 4.39 Å². The molecule has 0 spiro atoms. The van der Waals surface area contributed by atoms with Crippen LogP contribution in [0.15, 0.2) is 12.1 Å². The Bertz CT molecular complexity index is 477. The smallest absolute Gasteiger partial charge is 0.307 e. The van der Waals surface area contributed by atoms with Gasteiger partial charge in [-0.05, 0) is 12.5 Å². The van der Waals surface area contributed by atoms with Gasteiger partial charge in [-0.3, -0.25) is 4.79 Å². The predicted molar refractivity (Wildman–Crippen MR) is 61.1 cm³/mol. The third-order valence-electron chi connectivity index (χ3n) is 3.16.